The number of methoxy groups -OCH3 is 1. The number of aryl methyl sites for hydroxylation is 1. The van der Waals surface area contributed by atoms with Gasteiger partial charge in [-0.05, 0) is 47.7 Å². The Balaban J connectivity index is 1.36. The minimum atomic E-state index is -0.810. The summed E-state index contributed by atoms with van der Waals surface area (Å²) < 4.78 is 7.39. The molecule has 3 atom stereocenters. The number of hydrogen-bond donors (Lipinski definition) is 1. The first-order valence-corrected chi connectivity index (χ1v) is 11.2. The standard InChI is InChI=1S/C26H31N3O2/c1-28-13-12-27-25(28)26(30)22-9-5-10-23(26)18-29(17-22)16-19-6-3-7-20(14-19)21-8-4-11-24(15-21)31-2/h3-4,6-8,11-15,22-23,30H,5,9-10,16-18H2,1-2H3/t22-,23+,26?. The molecule has 1 unspecified atom stereocenters. The minimum absolute atomic E-state index is 0.225. The Kier molecular flexibility index (Phi) is 5.32. The molecule has 1 N–H and O–H groups in total. The van der Waals surface area contributed by atoms with E-state index in [4.69, 9.17) is 4.74 Å². The molecule has 0 amide bonds. The molecule has 5 heteroatoms. The SMILES string of the molecule is COc1cccc(-c2cccc(CN3C[C@H]4CCC[C@@H](C3)C4(O)c3nccn3C)c2)c1. The number of nitrogens with zero attached hydrogens (tertiary/aromatic N) is 3. The number of imidazole rings is 1. The van der Waals surface area contributed by atoms with Gasteiger partial charge in [-0.3, -0.25) is 4.90 Å². The number of likely N-dealkylation sites (tertiary alicyclic amines) is 1. The number of ether oxygens (including phenoxy) is 1. The quantitative estimate of drug-likeness (QED) is 0.676. The molecule has 1 saturated carbocycles. The minimum Gasteiger partial charge on any atom is -0.497 e. The van der Waals surface area contributed by atoms with Gasteiger partial charge in [-0.1, -0.05) is 36.8 Å². The molecule has 1 aliphatic heterocycles. The van der Waals surface area contributed by atoms with Gasteiger partial charge in [0.15, 0.2) is 0 Å². The highest BCUT2D eigenvalue weighted by Crippen LogP contribution is 2.48. The first-order chi connectivity index (χ1) is 15.1. The van der Waals surface area contributed by atoms with E-state index < -0.39 is 5.60 Å². The molecule has 1 saturated heterocycles. The molecule has 5 nitrogen and oxygen atoms in total. The smallest absolute Gasteiger partial charge is 0.141 e. The Labute approximate surface area is 184 Å². The second kappa shape index (κ2) is 8.13. The van der Waals surface area contributed by atoms with Crippen molar-refractivity contribution in [3.05, 3.63) is 72.3 Å². The molecule has 1 aliphatic carbocycles. The summed E-state index contributed by atoms with van der Waals surface area (Å²) in [6.07, 6.45) is 7.06. The van der Waals surface area contributed by atoms with Crippen LogP contribution in [0.5, 0.6) is 5.75 Å². The van der Waals surface area contributed by atoms with Crippen LogP contribution < -0.4 is 4.74 Å². The summed E-state index contributed by atoms with van der Waals surface area (Å²) in [4.78, 5) is 7.07. The van der Waals surface area contributed by atoms with Crippen LogP contribution in [-0.4, -0.2) is 39.8 Å². The largest absolute Gasteiger partial charge is 0.497 e. The van der Waals surface area contributed by atoms with E-state index in [-0.39, 0.29) is 11.8 Å². The van der Waals surface area contributed by atoms with E-state index in [1.807, 2.05) is 29.9 Å². The van der Waals surface area contributed by atoms with E-state index in [1.54, 1.807) is 13.3 Å². The molecule has 1 aromatic heterocycles. The van der Waals surface area contributed by atoms with E-state index in [1.165, 1.54) is 23.1 Å². The van der Waals surface area contributed by atoms with E-state index in [0.29, 0.717) is 0 Å². The van der Waals surface area contributed by atoms with Gasteiger partial charge in [-0.25, -0.2) is 4.98 Å². The van der Waals surface area contributed by atoms with Crippen LogP contribution in [0.2, 0.25) is 0 Å². The Bertz CT molecular complexity index is 1050. The molecule has 162 valence electrons. The van der Waals surface area contributed by atoms with Crippen LogP contribution in [0.25, 0.3) is 11.1 Å². The zero-order valence-corrected chi connectivity index (χ0v) is 18.4. The van der Waals surface area contributed by atoms with Gasteiger partial charge >= 0.3 is 0 Å². The lowest BCUT2D eigenvalue weighted by molar-refractivity contribution is -0.155. The van der Waals surface area contributed by atoms with Gasteiger partial charge in [0.05, 0.1) is 7.11 Å². The Morgan fingerprint density at radius 3 is 2.45 bits per heavy atom. The second-order valence-corrected chi connectivity index (χ2v) is 9.14. The molecule has 2 aromatic carbocycles. The molecule has 2 bridgehead atoms. The van der Waals surface area contributed by atoms with Crippen LogP contribution in [0, 0.1) is 11.8 Å². The Morgan fingerprint density at radius 2 is 1.77 bits per heavy atom. The molecule has 2 heterocycles. The Morgan fingerprint density at radius 1 is 1.06 bits per heavy atom. The van der Waals surface area contributed by atoms with Crippen LogP contribution >= 0.6 is 0 Å². The molecule has 2 aliphatic rings. The number of aromatic nitrogens is 2. The number of aliphatic hydroxyl groups is 1. The van der Waals surface area contributed by atoms with Crippen LogP contribution in [0.3, 0.4) is 0 Å². The van der Waals surface area contributed by atoms with Crippen molar-refractivity contribution in [3.8, 4) is 16.9 Å². The fraction of sp³-hybridized carbons (Fsp3) is 0.423. The zero-order chi connectivity index (χ0) is 21.4. The van der Waals surface area contributed by atoms with Gasteiger partial charge in [0, 0.05) is 50.9 Å². The number of benzene rings is 2. The van der Waals surface area contributed by atoms with Crippen molar-refractivity contribution in [3.63, 3.8) is 0 Å². The zero-order valence-electron chi connectivity index (χ0n) is 18.4. The van der Waals surface area contributed by atoms with Gasteiger partial charge in [-0.15, -0.1) is 0 Å². The fourth-order valence-electron chi connectivity index (χ4n) is 5.70. The second-order valence-electron chi connectivity index (χ2n) is 9.14. The summed E-state index contributed by atoms with van der Waals surface area (Å²) in [5.41, 5.74) is 2.87. The van der Waals surface area contributed by atoms with E-state index in [9.17, 15) is 5.11 Å². The number of fused-ring (bicyclic) bond motifs is 2. The maximum atomic E-state index is 11.8. The van der Waals surface area contributed by atoms with Gasteiger partial charge in [0.1, 0.15) is 17.2 Å². The number of piperidine rings is 1. The van der Waals surface area contributed by atoms with Crippen molar-refractivity contribution in [2.24, 2.45) is 18.9 Å². The lowest BCUT2D eigenvalue weighted by atomic mass is 9.65. The monoisotopic (exact) mass is 417 g/mol. The maximum absolute atomic E-state index is 11.8. The molecular formula is C26H31N3O2. The van der Waals surface area contributed by atoms with Crippen LogP contribution in [0.4, 0.5) is 0 Å². The molecule has 5 rings (SSSR count). The normalized spacial score (nSPS) is 26.0. The van der Waals surface area contributed by atoms with E-state index in [2.05, 4.69) is 46.3 Å². The number of rotatable bonds is 5. The topological polar surface area (TPSA) is 50.5 Å². The van der Waals surface area contributed by atoms with Gasteiger partial charge in [-0.2, -0.15) is 0 Å². The lowest BCUT2D eigenvalue weighted by Gasteiger charge is -2.52. The third kappa shape index (κ3) is 3.66. The molecule has 3 aromatic rings. The molecule has 2 fully saturated rings. The highest BCUT2D eigenvalue weighted by molar-refractivity contribution is 5.65. The van der Waals surface area contributed by atoms with Gasteiger partial charge in [0.2, 0.25) is 0 Å². The molecule has 0 spiro atoms. The first kappa shape index (κ1) is 20.3. The van der Waals surface area contributed by atoms with Crippen LogP contribution in [0.1, 0.15) is 30.7 Å². The summed E-state index contributed by atoms with van der Waals surface area (Å²) in [5.74, 6) is 2.16. The third-order valence-electron chi connectivity index (χ3n) is 7.22. The van der Waals surface area contributed by atoms with Crippen molar-refractivity contribution in [1.82, 2.24) is 14.5 Å². The van der Waals surface area contributed by atoms with Crippen molar-refractivity contribution < 1.29 is 9.84 Å². The molecule has 31 heavy (non-hydrogen) atoms. The molecular weight excluding hydrogens is 386 g/mol. The maximum Gasteiger partial charge on any atom is 0.141 e. The summed E-state index contributed by atoms with van der Waals surface area (Å²) >= 11 is 0. The van der Waals surface area contributed by atoms with Crippen molar-refractivity contribution in [2.75, 3.05) is 20.2 Å². The van der Waals surface area contributed by atoms with Crippen molar-refractivity contribution in [2.45, 2.75) is 31.4 Å². The van der Waals surface area contributed by atoms with Gasteiger partial charge in [0.25, 0.3) is 0 Å². The summed E-state index contributed by atoms with van der Waals surface area (Å²) in [6.45, 7) is 2.72. The molecule has 0 radical (unpaired) electrons. The average Bonchev–Trinajstić information content (AvgIpc) is 3.21. The average molecular weight is 418 g/mol. The fourth-order valence-corrected chi connectivity index (χ4v) is 5.70. The highest BCUT2D eigenvalue weighted by Gasteiger charge is 2.53. The summed E-state index contributed by atoms with van der Waals surface area (Å²) in [7, 11) is 3.70. The van der Waals surface area contributed by atoms with Gasteiger partial charge < -0.3 is 14.4 Å². The predicted molar refractivity (Wildman–Crippen MR) is 122 cm³/mol. The number of hydrogen-bond acceptors (Lipinski definition) is 4. The highest BCUT2D eigenvalue weighted by atomic mass is 16.5. The summed E-state index contributed by atoms with van der Waals surface area (Å²) in [6, 6.07) is 17.0. The van der Waals surface area contributed by atoms with Crippen molar-refractivity contribution in [1.29, 1.82) is 0 Å². The van der Waals surface area contributed by atoms with E-state index >= 15 is 0 Å². The Hall–Kier alpha value is -2.63. The lowest BCUT2D eigenvalue weighted by Crippen LogP contribution is -2.58. The third-order valence-corrected chi connectivity index (χ3v) is 7.22. The van der Waals surface area contributed by atoms with Crippen molar-refractivity contribution >= 4 is 0 Å². The van der Waals surface area contributed by atoms with Crippen LogP contribution in [0.15, 0.2) is 60.9 Å². The first-order valence-electron chi connectivity index (χ1n) is 11.2. The van der Waals surface area contributed by atoms with Crippen LogP contribution in [-0.2, 0) is 19.2 Å². The van der Waals surface area contributed by atoms with E-state index in [0.717, 1.165) is 44.0 Å². The summed E-state index contributed by atoms with van der Waals surface area (Å²) in [5, 5.41) is 11.8. The predicted octanol–water partition coefficient (Wildman–Crippen LogP) is 4.22.